The monoisotopic (exact) mass is 346 g/mol. The van der Waals surface area contributed by atoms with Crippen LogP contribution in [0.25, 0.3) is 0 Å². The quantitative estimate of drug-likeness (QED) is 0.845. The second kappa shape index (κ2) is 8.11. The van der Waals surface area contributed by atoms with Gasteiger partial charge in [0.25, 0.3) is 0 Å². The molecular weight excluding hydrogens is 323 g/mol. The first-order valence-corrected chi connectivity index (χ1v) is 8.51. The van der Waals surface area contributed by atoms with Crippen LogP contribution < -0.4 is 10.6 Å². The number of carbonyl (C=O) groups excluding carboxylic acids is 1. The highest BCUT2D eigenvalue weighted by atomic mass is 19.1. The van der Waals surface area contributed by atoms with Crippen LogP contribution in [0.15, 0.2) is 43.0 Å². The fourth-order valence-electron chi connectivity index (χ4n) is 3.09. The molecule has 2 N–H and O–H groups in total. The average Bonchev–Trinajstić information content (AvgIpc) is 3.27. The minimum atomic E-state index is -0.302. The summed E-state index contributed by atoms with van der Waals surface area (Å²) in [5.41, 5.74) is 0.839. The number of nitrogens with zero attached hydrogens (tertiary/aromatic N) is 2. The van der Waals surface area contributed by atoms with Crippen molar-refractivity contribution in [2.45, 2.75) is 44.5 Å². The number of aromatic nitrogens is 2. The molecule has 1 aliphatic heterocycles. The first kappa shape index (κ1) is 17.4. The number of hydrogen-bond acceptors (Lipinski definition) is 3. The molecule has 0 aliphatic carbocycles. The molecule has 2 heterocycles. The van der Waals surface area contributed by atoms with Gasteiger partial charge in [-0.3, -0.25) is 0 Å². The maximum absolute atomic E-state index is 13.2. The molecule has 1 fully saturated rings. The topological polar surface area (TPSA) is 68.2 Å². The standard InChI is InChI=1S/C18H23FN4O2/c1-13(11-23-9-8-20-12-23)21-18(24)22-17(16-3-2-10-25-16)14-4-6-15(19)7-5-14/h4-9,12-13,16-17H,2-3,10-11H2,1H3,(H2,21,22,24)/t13-,16+,17+/m1/s1. The molecule has 25 heavy (non-hydrogen) atoms. The minimum Gasteiger partial charge on any atom is -0.376 e. The summed E-state index contributed by atoms with van der Waals surface area (Å²) >= 11 is 0. The zero-order valence-corrected chi connectivity index (χ0v) is 14.2. The minimum absolute atomic E-state index is 0.0624. The summed E-state index contributed by atoms with van der Waals surface area (Å²) in [6.07, 6.45) is 7.00. The third-order valence-electron chi connectivity index (χ3n) is 4.27. The molecule has 0 unspecified atom stereocenters. The highest BCUT2D eigenvalue weighted by Gasteiger charge is 2.29. The van der Waals surface area contributed by atoms with Gasteiger partial charge in [0.15, 0.2) is 0 Å². The summed E-state index contributed by atoms with van der Waals surface area (Å²) < 4.78 is 20.9. The Morgan fingerprint density at radius 3 is 2.84 bits per heavy atom. The van der Waals surface area contributed by atoms with E-state index in [0.29, 0.717) is 13.2 Å². The SMILES string of the molecule is C[C@H](Cn1ccnc1)NC(=O)N[C@@H](c1ccc(F)cc1)[C@@H]1CCCO1. The zero-order chi connectivity index (χ0) is 17.6. The van der Waals surface area contributed by atoms with Crippen LogP contribution in [0.4, 0.5) is 9.18 Å². The van der Waals surface area contributed by atoms with Crippen LogP contribution in [-0.2, 0) is 11.3 Å². The van der Waals surface area contributed by atoms with Crippen molar-refractivity contribution in [2.75, 3.05) is 6.61 Å². The summed E-state index contributed by atoms with van der Waals surface area (Å²) in [5.74, 6) is -0.298. The highest BCUT2D eigenvalue weighted by Crippen LogP contribution is 2.27. The molecule has 1 saturated heterocycles. The van der Waals surface area contributed by atoms with Gasteiger partial charge in [-0.25, -0.2) is 14.2 Å². The molecule has 0 spiro atoms. The van der Waals surface area contributed by atoms with E-state index in [9.17, 15) is 9.18 Å². The van der Waals surface area contributed by atoms with Crippen molar-refractivity contribution in [3.05, 3.63) is 54.4 Å². The van der Waals surface area contributed by atoms with Crippen molar-refractivity contribution in [3.63, 3.8) is 0 Å². The van der Waals surface area contributed by atoms with Gasteiger partial charge in [0, 0.05) is 31.6 Å². The Hall–Kier alpha value is -2.41. The van der Waals surface area contributed by atoms with Gasteiger partial charge in [0.2, 0.25) is 0 Å². The first-order valence-electron chi connectivity index (χ1n) is 8.51. The van der Waals surface area contributed by atoms with Crippen LogP contribution >= 0.6 is 0 Å². The van der Waals surface area contributed by atoms with Crippen molar-refractivity contribution in [3.8, 4) is 0 Å². The van der Waals surface area contributed by atoms with Crippen LogP contribution in [0.1, 0.15) is 31.4 Å². The second-order valence-corrected chi connectivity index (χ2v) is 6.36. The van der Waals surface area contributed by atoms with Gasteiger partial charge in [0.1, 0.15) is 5.82 Å². The third-order valence-corrected chi connectivity index (χ3v) is 4.27. The highest BCUT2D eigenvalue weighted by molar-refractivity contribution is 5.74. The summed E-state index contributed by atoms with van der Waals surface area (Å²) in [6.45, 7) is 3.25. The average molecular weight is 346 g/mol. The lowest BCUT2D eigenvalue weighted by molar-refractivity contribution is 0.0805. The number of benzene rings is 1. The van der Waals surface area contributed by atoms with Gasteiger partial charge in [-0.15, -0.1) is 0 Å². The molecule has 6 nitrogen and oxygen atoms in total. The smallest absolute Gasteiger partial charge is 0.315 e. The van der Waals surface area contributed by atoms with E-state index in [0.717, 1.165) is 18.4 Å². The van der Waals surface area contributed by atoms with Crippen molar-refractivity contribution >= 4 is 6.03 Å². The molecule has 7 heteroatoms. The van der Waals surface area contributed by atoms with E-state index in [1.807, 2.05) is 17.7 Å². The molecule has 2 amide bonds. The van der Waals surface area contributed by atoms with E-state index < -0.39 is 0 Å². The predicted molar refractivity (Wildman–Crippen MR) is 91.5 cm³/mol. The summed E-state index contributed by atoms with van der Waals surface area (Å²) in [7, 11) is 0. The summed E-state index contributed by atoms with van der Waals surface area (Å²) in [4.78, 5) is 16.4. The number of rotatable bonds is 6. The lowest BCUT2D eigenvalue weighted by atomic mass is 9.99. The van der Waals surface area contributed by atoms with Crippen LogP contribution in [0, 0.1) is 5.82 Å². The molecule has 1 aliphatic rings. The second-order valence-electron chi connectivity index (χ2n) is 6.36. The van der Waals surface area contributed by atoms with E-state index in [4.69, 9.17) is 4.74 Å². The fraction of sp³-hybridized carbons (Fsp3) is 0.444. The fourth-order valence-corrected chi connectivity index (χ4v) is 3.09. The molecule has 0 bridgehead atoms. The maximum atomic E-state index is 13.2. The molecule has 134 valence electrons. The van der Waals surface area contributed by atoms with Crippen molar-refractivity contribution in [2.24, 2.45) is 0 Å². The number of imidazole rings is 1. The number of nitrogens with one attached hydrogen (secondary N) is 2. The van der Waals surface area contributed by atoms with Gasteiger partial charge in [0.05, 0.1) is 18.5 Å². The molecule has 0 saturated carbocycles. The molecule has 0 radical (unpaired) electrons. The number of halogens is 1. The van der Waals surface area contributed by atoms with Gasteiger partial charge in [-0.05, 0) is 37.5 Å². The predicted octanol–water partition coefficient (Wildman–Crippen LogP) is 2.63. The number of ether oxygens (including phenoxy) is 1. The van der Waals surface area contributed by atoms with Crippen LogP contribution in [0.5, 0.6) is 0 Å². The third kappa shape index (κ3) is 4.79. The maximum Gasteiger partial charge on any atom is 0.315 e. The van der Waals surface area contributed by atoms with E-state index >= 15 is 0 Å². The Morgan fingerprint density at radius 1 is 1.40 bits per heavy atom. The lowest BCUT2D eigenvalue weighted by Crippen LogP contribution is -2.46. The zero-order valence-electron chi connectivity index (χ0n) is 14.2. The summed E-state index contributed by atoms with van der Waals surface area (Å²) in [6, 6.07) is 5.55. The van der Waals surface area contributed by atoms with Crippen molar-refractivity contribution in [1.29, 1.82) is 0 Å². The Bertz CT molecular complexity index is 669. The number of amides is 2. The van der Waals surface area contributed by atoms with E-state index in [1.165, 1.54) is 12.1 Å². The molecular formula is C18H23FN4O2. The molecule has 2 aromatic rings. The van der Waals surface area contributed by atoms with Crippen LogP contribution in [0.2, 0.25) is 0 Å². The first-order chi connectivity index (χ1) is 12.1. The normalized spacial score (nSPS) is 19.4. The Kier molecular flexibility index (Phi) is 5.65. The molecule has 1 aromatic carbocycles. The van der Waals surface area contributed by atoms with Gasteiger partial charge in [-0.1, -0.05) is 12.1 Å². The summed E-state index contributed by atoms with van der Waals surface area (Å²) in [5, 5.41) is 5.91. The van der Waals surface area contributed by atoms with Crippen LogP contribution in [-0.4, -0.2) is 34.3 Å². The Labute approximate surface area is 146 Å². The Balaban J connectivity index is 1.62. The molecule has 3 rings (SSSR count). The van der Waals surface area contributed by atoms with Crippen molar-refractivity contribution in [1.82, 2.24) is 20.2 Å². The number of hydrogen-bond donors (Lipinski definition) is 2. The van der Waals surface area contributed by atoms with Gasteiger partial charge in [-0.2, -0.15) is 0 Å². The van der Waals surface area contributed by atoms with Crippen LogP contribution in [0.3, 0.4) is 0 Å². The van der Waals surface area contributed by atoms with Gasteiger partial charge < -0.3 is 19.9 Å². The van der Waals surface area contributed by atoms with Crippen molar-refractivity contribution < 1.29 is 13.9 Å². The molecule has 1 aromatic heterocycles. The Morgan fingerprint density at radius 2 is 2.20 bits per heavy atom. The largest absolute Gasteiger partial charge is 0.376 e. The van der Waals surface area contributed by atoms with E-state index in [2.05, 4.69) is 15.6 Å². The van der Waals surface area contributed by atoms with E-state index in [-0.39, 0.29) is 30.0 Å². The number of carbonyl (C=O) groups is 1. The van der Waals surface area contributed by atoms with E-state index in [1.54, 1.807) is 24.7 Å². The lowest BCUT2D eigenvalue weighted by Gasteiger charge is -2.26. The van der Waals surface area contributed by atoms with Gasteiger partial charge >= 0.3 is 6.03 Å². The molecule has 3 atom stereocenters. The number of urea groups is 1.